The number of carbonyl (C=O) groups excluding carboxylic acids is 2. The Bertz CT molecular complexity index is 1060. The average molecular weight is 456 g/mol. The standard InChI is InChI=1S/C22H25N5O2S2/c1-15-12-17(27-9-7-26(2)8-10-27)5-6-18(15)24-20(28)13-16-14-31-22(23-16)25-21(29)19-4-3-11-30-19/h3-6,11-12,14H,7-10,13H2,1-2H3,(H,24,28)(H,23,25,29). The second-order valence-corrected chi connectivity index (χ2v) is 9.40. The minimum Gasteiger partial charge on any atom is -0.369 e. The van der Waals surface area contributed by atoms with Crippen LogP contribution in [0.1, 0.15) is 20.9 Å². The fraction of sp³-hybridized carbons (Fsp3) is 0.318. The van der Waals surface area contributed by atoms with E-state index in [-0.39, 0.29) is 18.2 Å². The molecule has 1 saturated heterocycles. The van der Waals surface area contributed by atoms with Crippen molar-refractivity contribution in [3.05, 3.63) is 57.2 Å². The summed E-state index contributed by atoms with van der Waals surface area (Å²) in [4.78, 5) is 34.3. The summed E-state index contributed by atoms with van der Waals surface area (Å²) < 4.78 is 0. The van der Waals surface area contributed by atoms with Gasteiger partial charge < -0.3 is 15.1 Å². The molecule has 2 amide bonds. The molecule has 0 bridgehead atoms. The Hall–Kier alpha value is -2.75. The van der Waals surface area contributed by atoms with Crippen LogP contribution in [0.15, 0.2) is 41.1 Å². The smallest absolute Gasteiger partial charge is 0.267 e. The Labute approximate surface area is 189 Å². The summed E-state index contributed by atoms with van der Waals surface area (Å²) in [5.41, 5.74) is 3.67. The lowest BCUT2D eigenvalue weighted by molar-refractivity contribution is -0.115. The van der Waals surface area contributed by atoms with Crippen LogP contribution in [0, 0.1) is 6.92 Å². The van der Waals surface area contributed by atoms with Crippen LogP contribution in [0.25, 0.3) is 0 Å². The first-order chi connectivity index (χ1) is 15.0. The van der Waals surface area contributed by atoms with Gasteiger partial charge in [-0.1, -0.05) is 6.07 Å². The van der Waals surface area contributed by atoms with Crippen LogP contribution in [-0.2, 0) is 11.2 Å². The van der Waals surface area contributed by atoms with Crippen LogP contribution in [0.5, 0.6) is 0 Å². The second kappa shape index (κ2) is 9.59. The van der Waals surface area contributed by atoms with E-state index >= 15 is 0 Å². The summed E-state index contributed by atoms with van der Waals surface area (Å²) >= 11 is 2.69. The van der Waals surface area contributed by atoms with Gasteiger partial charge in [0.25, 0.3) is 5.91 Å². The Morgan fingerprint density at radius 1 is 1.10 bits per heavy atom. The number of benzene rings is 1. The number of carbonyl (C=O) groups is 2. The number of thiazole rings is 1. The maximum absolute atomic E-state index is 12.5. The van der Waals surface area contributed by atoms with Gasteiger partial charge in [0.05, 0.1) is 17.0 Å². The predicted molar refractivity (Wildman–Crippen MR) is 128 cm³/mol. The maximum Gasteiger partial charge on any atom is 0.267 e. The molecule has 0 unspecified atom stereocenters. The van der Waals surface area contributed by atoms with Gasteiger partial charge in [-0.3, -0.25) is 14.9 Å². The lowest BCUT2D eigenvalue weighted by Crippen LogP contribution is -2.44. The first-order valence-electron chi connectivity index (χ1n) is 10.1. The molecule has 1 fully saturated rings. The molecule has 0 radical (unpaired) electrons. The number of aryl methyl sites for hydroxylation is 1. The van der Waals surface area contributed by atoms with Crippen molar-refractivity contribution in [3.8, 4) is 0 Å². The van der Waals surface area contributed by atoms with E-state index in [0.717, 1.165) is 37.4 Å². The van der Waals surface area contributed by atoms with Crippen LogP contribution >= 0.6 is 22.7 Å². The number of nitrogens with one attached hydrogen (secondary N) is 2. The molecular weight excluding hydrogens is 430 g/mol. The highest BCUT2D eigenvalue weighted by Gasteiger charge is 2.16. The number of amides is 2. The molecule has 7 nitrogen and oxygen atoms in total. The molecule has 0 atom stereocenters. The zero-order valence-corrected chi connectivity index (χ0v) is 19.2. The van der Waals surface area contributed by atoms with E-state index in [1.165, 1.54) is 28.4 Å². The molecule has 1 aromatic carbocycles. The van der Waals surface area contributed by atoms with E-state index in [4.69, 9.17) is 0 Å². The number of thiophene rings is 1. The number of aromatic nitrogens is 1. The van der Waals surface area contributed by atoms with Crippen LogP contribution < -0.4 is 15.5 Å². The maximum atomic E-state index is 12.5. The van der Waals surface area contributed by atoms with E-state index in [1.54, 1.807) is 11.4 Å². The van der Waals surface area contributed by atoms with Crippen molar-refractivity contribution in [2.75, 3.05) is 48.8 Å². The van der Waals surface area contributed by atoms with Crippen molar-refractivity contribution < 1.29 is 9.59 Å². The first-order valence-corrected chi connectivity index (χ1v) is 11.9. The average Bonchev–Trinajstić information content (AvgIpc) is 3.42. The van der Waals surface area contributed by atoms with E-state index in [2.05, 4.69) is 44.6 Å². The molecular formula is C22H25N5O2S2. The third-order valence-corrected chi connectivity index (χ3v) is 6.89. The quantitative estimate of drug-likeness (QED) is 0.593. The molecule has 2 aromatic heterocycles. The van der Waals surface area contributed by atoms with E-state index < -0.39 is 0 Å². The predicted octanol–water partition coefficient (Wildman–Crippen LogP) is 3.70. The zero-order valence-electron chi connectivity index (χ0n) is 17.6. The van der Waals surface area contributed by atoms with Crippen molar-refractivity contribution in [2.45, 2.75) is 13.3 Å². The number of rotatable bonds is 6. The SMILES string of the molecule is Cc1cc(N2CCN(C)CC2)ccc1NC(=O)Cc1csc(NC(=O)c2cccs2)n1. The number of anilines is 3. The number of nitrogens with zero attached hydrogens (tertiary/aromatic N) is 3. The molecule has 0 saturated carbocycles. The molecule has 31 heavy (non-hydrogen) atoms. The van der Waals surface area contributed by atoms with E-state index in [9.17, 15) is 9.59 Å². The van der Waals surface area contributed by atoms with Crippen LogP contribution in [0.3, 0.4) is 0 Å². The van der Waals surface area contributed by atoms with Gasteiger partial charge in [-0.05, 0) is 49.2 Å². The minimum absolute atomic E-state index is 0.128. The Morgan fingerprint density at radius 3 is 2.61 bits per heavy atom. The van der Waals surface area contributed by atoms with Gasteiger partial charge in [-0.25, -0.2) is 4.98 Å². The molecule has 2 N–H and O–H groups in total. The summed E-state index contributed by atoms with van der Waals surface area (Å²) in [5.74, 6) is -0.312. The topological polar surface area (TPSA) is 77.6 Å². The fourth-order valence-corrected chi connectivity index (χ4v) is 4.74. The van der Waals surface area contributed by atoms with Gasteiger partial charge in [0.2, 0.25) is 5.91 Å². The monoisotopic (exact) mass is 455 g/mol. The summed E-state index contributed by atoms with van der Waals surface area (Å²) in [6.07, 6.45) is 0.158. The van der Waals surface area contributed by atoms with Crippen LogP contribution in [-0.4, -0.2) is 54.9 Å². The highest BCUT2D eigenvalue weighted by Crippen LogP contribution is 2.24. The first kappa shape index (κ1) is 21.5. The molecule has 4 rings (SSSR count). The van der Waals surface area contributed by atoms with Gasteiger partial charge in [-0.2, -0.15) is 0 Å². The molecule has 3 heterocycles. The molecule has 162 valence electrons. The third kappa shape index (κ3) is 5.49. The number of hydrogen-bond acceptors (Lipinski definition) is 7. The lowest BCUT2D eigenvalue weighted by Gasteiger charge is -2.34. The second-order valence-electron chi connectivity index (χ2n) is 7.59. The molecule has 1 aliphatic heterocycles. The van der Waals surface area contributed by atoms with Crippen molar-refractivity contribution in [2.24, 2.45) is 0 Å². The highest BCUT2D eigenvalue weighted by molar-refractivity contribution is 7.14. The Balaban J connectivity index is 1.32. The molecule has 9 heteroatoms. The van der Waals surface area contributed by atoms with Crippen LogP contribution in [0.4, 0.5) is 16.5 Å². The van der Waals surface area contributed by atoms with Gasteiger partial charge in [0.15, 0.2) is 5.13 Å². The van der Waals surface area contributed by atoms with Crippen molar-refractivity contribution in [1.29, 1.82) is 0 Å². The largest absolute Gasteiger partial charge is 0.369 e. The van der Waals surface area contributed by atoms with Gasteiger partial charge in [0.1, 0.15) is 0 Å². The highest BCUT2D eigenvalue weighted by atomic mass is 32.1. The number of piperazine rings is 1. The van der Waals surface area contributed by atoms with Crippen molar-refractivity contribution >= 4 is 51.0 Å². The van der Waals surface area contributed by atoms with Crippen molar-refractivity contribution in [1.82, 2.24) is 9.88 Å². The summed E-state index contributed by atoms with van der Waals surface area (Å²) in [6.45, 7) is 6.14. The molecule has 0 aliphatic carbocycles. The third-order valence-electron chi connectivity index (χ3n) is 5.21. The Kier molecular flexibility index (Phi) is 6.64. The fourth-order valence-electron chi connectivity index (χ4n) is 3.42. The molecule has 3 aromatic rings. The molecule has 1 aliphatic rings. The normalized spacial score (nSPS) is 14.5. The minimum atomic E-state index is -0.184. The molecule has 0 spiro atoms. The summed E-state index contributed by atoms with van der Waals surface area (Å²) in [6, 6.07) is 9.75. The van der Waals surface area contributed by atoms with Gasteiger partial charge >= 0.3 is 0 Å². The van der Waals surface area contributed by atoms with Crippen LogP contribution in [0.2, 0.25) is 0 Å². The van der Waals surface area contributed by atoms with E-state index in [0.29, 0.717) is 15.7 Å². The Morgan fingerprint density at radius 2 is 1.90 bits per heavy atom. The summed E-state index contributed by atoms with van der Waals surface area (Å²) in [7, 11) is 2.14. The van der Waals surface area contributed by atoms with Crippen molar-refractivity contribution in [3.63, 3.8) is 0 Å². The van der Waals surface area contributed by atoms with Gasteiger partial charge in [-0.15, -0.1) is 22.7 Å². The van der Waals surface area contributed by atoms with E-state index in [1.807, 2.05) is 24.4 Å². The summed E-state index contributed by atoms with van der Waals surface area (Å²) in [5, 5.41) is 9.90. The number of hydrogen-bond donors (Lipinski definition) is 2. The lowest BCUT2D eigenvalue weighted by atomic mass is 10.1. The van der Waals surface area contributed by atoms with Gasteiger partial charge in [0, 0.05) is 42.9 Å². The number of likely N-dealkylation sites (N-methyl/N-ethyl adjacent to an activating group) is 1. The zero-order chi connectivity index (χ0) is 21.8.